The molecular formula is C25H32N4O4. The van der Waals surface area contributed by atoms with Gasteiger partial charge in [-0.15, -0.1) is 0 Å². The van der Waals surface area contributed by atoms with E-state index in [1.54, 1.807) is 0 Å². The van der Waals surface area contributed by atoms with Crippen LogP contribution >= 0.6 is 0 Å². The van der Waals surface area contributed by atoms with Crippen LogP contribution in [0, 0.1) is 11.8 Å². The number of nitrogens with one attached hydrogen (secondary N) is 2. The van der Waals surface area contributed by atoms with Gasteiger partial charge in [0, 0.05) is 31.4 Å². The molecule has 8 nitrogen and oxygen atoms in total. The van der Waals surface area contributed by atoms with Crippen LogP contribution in [0.1, 0.15) is 47.6 Å². The monoisotopic (exact) mass is 452 g/mol. The van der Waals surface area contributed by atoms with Gasteiger partial charge in [0.1, 0.15) is 6.04 Å². The molecule has 0 spiro atoms. The van der Waals surface area contributed by atoms with Gasteiger partial charge in [0.2, 0.25) is 5.91 Å². The number of rotatable bonds is 8. The van der Waals surface area contributed by atoms with E-state index in [2.05, 4.69) is 10.6 Å². The van der Waals surface area contributed by atoms with E-state index in [1.807, 2.05) is 43.3 Å². The van der Waals surface area contributed by atoms with Crippen molar-refractivity contribution in [1.82, 2.24) is 5.32 Å². The number of hydrogen-bond acceptors (Lipinski definition) is 5. The van der Waals surface area contributed by atoms with E-state index in [0.29, 0.717) is 23.7 Å². The Morgan fingerprint density at radius 3 is 2.30 bits per heavy atom. The first-order valence-corrected chi connectivity index (χ1v) is 11.2. The molecule has 1 fully saturated rings. The Bertz CT molecular complexity index is 982. The number of hydrogen-bond donors (Lipinski definition) is 4. The molecule has 0 heterocycles. The highest BCUT2D eigenvalue weighted by atomic mass is 16.4. The number of carboxylic acids is 1. The van der Waals surface area contributed by atoms with Gasteiger partial charge >= 0.3 is 5.97 Å². The van der Waals surface area contributed by atoms with Crippen LogP contribution in [0.3, 0.4) is 0 Å². The zero-order valence-corrected chi connectivity index (χ0v) is 19.1. The van der Waals surface area contributed by atoms with Crippen LogP contribution in [0.4, 0.5) is 11.4 Å². The topological polar surface area (TPSA) is 125 Å². The zero-order chi connectivity index (χ0) is 24.0. The maximum Gasteiger partial charge on any atom is 0.335 e. The fourth-order valence-corrected chi connectivity index (χ4v) is 4.11. The highest BCUT2D eigenvalue weighted by Crippen LogP contribution is 2.29. The number of carboxylic acid groups (broad SMARTS) is 1. The Labute approximate surface area is 194 Å². The molecule has 0 aliphatic heterocycles. The molecule has 8 heteroatoms. The van der Waals surface area contributed by atoms with Crippen molar-refractivity contribution in [3.05, 3.63) is 59.7 Å². The van der Waals surface area contributed by atoms with Crippen LogP contribution in [0.5, 0.6) is 0 Å². The number of anilines is 2. The van der Waals surface area contributed by atoms with Gasteiger partial charge in [-0.05, 0) is 80.1 Å². The molecule has 0 unspecified atom stereocenters. The minimum Gasteiger partial charge on any atom is -0.478 e. The van der Waals surface area contributed by atoms with Gasteiger partial charge in [-0.2, -0.15) is 0 Å². The van der Waals surface area contributed by atoms with Crippen molar-refractivity contribution in [3.63, 3.8) is 0 Å². The normalized spacial score (nSPS) is 18.8. The number of amides is 2. The van der Waals surface area contributed by atoms with Crippen molar-refractivity contribution in [2.45, 2.75) is 31.7 Å². The number of carbonyl (C=O) groups is 3. The minimum absolute atomic E-state index is 0.129. The van der Waals surface area contributed by atoms with E-state index < -0.39 is 17.9 Å². The number of aromatic carboxylic acids is 1. The number of benzene rings is 2. The molecule has 3 rings (SSSR count). The molecule has 5 N–H and O–H groups in total. The van der Waals surface area contributed by atoms with Gasteiger partial charge in [-0.25, -0.2) is 4.79 Å². The van der Waals surface area contributed by atoms with Crippen molar-refractivity contribution in [2.75, 3.05) is 30.9 Å². The molecule has 0 saturated heterocycles. The van der Waals surface area contributed by atoms with Crippen molar-refractivity contribution in [2.24, 2.45) is 17.6 Å². The lowest BCUT2D eigenvalue weighted by Gasteiger charge is -2.28. The summed E-state index contributed by atoms with van der Waals surface area (Å²) in [6.45, 7) is 0.636. The summed E-state index contributed by atoms with van der Waals surface area (Å²) in [4.78, 5) is 39.3. The van der Waals surface area contributed by atoms with Crippen LogP contribution in [0.2, 0.25) is 0 Å². The summed E-state index contributed by atoms with van der Waals surface area (Å²) in [6.07, 6.45) is 3.35. The molecule has 0 aromatic heterocycles. The summed E-state index contributed by atoms with van der Waals surface area (Å²) in [5.74, 6) is -1.25. The summed E-state index contributed by atoms with van der Waals surface area (Å²) in [7, 11) is 3.82. The maximum atomic E-state index is 13.3. The van der Waals surface area contributed by atoms with E-state index in [0.717, 1.165) is 31.4 Å². The van der Waals surface area contributed by atoms with Gasteiger partial charge in [0.05, 0.1) is 5.56 Å². The van der Waals surface area contributed by atoms with Gasteiger partial charge in [0.25, 0.3) is 5.91 Å². The molecule has 0 radical (unpaired) electrons. The number of nitrogens with zero attached hydrogens (tertiary/aromatic N) is 1. The van der Waals surface area contributed by atoms with Gasteiger partial charge < -0.3 is 26.4 Å². The summed E-state index contributed by atoms with van der Waals surface area (Å²) in [5, 5.41) is 14.8. The molecule has 2 amide bonds. The molecular weight excluding hydrogens is 420 g/mol. The maximum absolute atomic E-state index is 13.3. The summed E-state index contributed by atoms with van der Waals surface area (Å²) >= 11 is 0. The van der Waals surface area contributed by atoms with E-state index in [9.17, 15) is 14.4 Å². The molecule has 2 aromatic carbocycles. The first-order chi connectivity index (χ1) is 15.8. The average Bonchev–Trinajstić information content (AvgIpc) is 2.82. The van der Waals surface area contributed by atoms with Crippen molar-refractivity contribution >= 4 is 29.2 Å². The minimum atomic E-state index is -1.04. The average molecular weight is 453 g/mol. The highest BCUT2D eigenvalue weighted by molar-refractivity contribution is 5.98. The highest BCUT2D eigenvalue weighted by Gasteiger charge is 2.30. The molecule has 33 heavy (non-hydrogen) atoms. The molecule has 176 valence electrons. The number of nitrogens with two attached hydrogens (primary N) is 1. The van der Waals surface area contributed by atoms with Gasteiger partial charge in [0.15, 0.2) is 0 Å². The second-order valence-corrected chi connectivity index (χ2v) is 8.76. The quantitative estimate of drug-likeness (QED) is 0.488. The Morgan fingerprint density at radius 1 is 1.06 bits per heavy atom. The third kappa shape index (κ3) is 6.32. The Kier molecular flexibility index (Phi) is 8.06. The lowest BCUT2D eigenvalue weighted by Crippen LogP contribution is -2.41. The van der Waals surface area contributed by atoms with Gasteiger partial charge in [-0.1, -0.05) is 12.1 Å². The Morgan fingerprint density at radius 2 is 1.73 bits per heavy atom. The van der Waals surface area contributed by atoms with Crippen LogP contribution in [-0.4, -0.2) is 43.5 Å². The second-order valence-electron chi connectivity index (χ2n) is 8.76. The van der Waals surface area contributed by atoms with Crippen LogP contribution in [0.25, 0.3) is 0 Å². The first-order valence-electron chi connectivity index (χ1n) is 11.2. The first kappa shape index (κ1) is 24.3. The lowest BCUT2D eigenvalue weighted by atomic mass is 9.81. The molecule has 1 atom stereocenters. The fourth-order valence-electron chi connectivity index (χ4n) is 4.11. The zero-order valence-electron chi connectivity index (χ0n) is 19.1. The lowest BCUT2D eigenvalue weighted by molar-refractivity contribution is -0.130. The third-order valence-corrected chi connectivity index (χ3v) is 6.22. The largest absolute Gasteiger partial charge is 0.478 e. The summed E-state index contributed by atoms with van der Waals surface area (Å²) < 4.78 is 0. The number of carbonyl (C=O) groups excluding carboxylic acids is 2. The summed E-state index contributed by atoms with van der Waals surface area (Å²) in [6, 6.07) is 12.5. The second kappa shape index (κ2) is 11.0. The SMILES string of the molecule is CN(C)c1cccc([C@H](NC(=O)C2CCC(CN)CC2)C(=O)Nc2ccc(C(=O)O)cc2)c1. The van der Waals surface area contributed by atoms with E-state index in [-0.39, 0.29) is 17.4 Å². The molecule has 2 aromatic rings. The standard InChI is InChI=1S/C25H32N4O4/c1-29(2)21-5-3-4-19(14-21)22(28-23(30)17-8-6-16(15-26)7-9-17)24(31)27-20-12-10-18(11-13-20)25(32)33/h3-5,10-14,16-17,22H,6-9,15,26H2,1-2H3,(H,27,31)(H,28,30)(H,32,33)/t16?,17?,22-/m0/s1. The van der Waals surface area contributed by atoms with E-state index in [4.69, 9.17) is 10.8 Å². The van der Waals surface area contributed by atoms with Crippen molar-refractivity contribution in [3.8, 4) is 0 Å². The fraction of sp³-hybridized carbons (Fsp3) is 0.400. The van der Waals surface area contributed by atoms with Crippen LogP contribution in [-0.2, 0) is 9.59 Å². The molecule has 1 aliphatic rings. The Balaban J connectivity index is 1.80. The van der Waals surface area contributed by atoms with Gasteiger partial charge in [-0.3, -0.25) is 9.59 Å². The molecule has 1 aliphatic carbocycles. The van der Waals surface area contributed by atoms with E-state index >= 15 is 0 Å². The predicted octanol–water partition coefficient (Wildman–Crippen LogP) is 3.01. The van der Waals surface area contributed by atoms with Crippen molar-refractivity contribution < 1.29 is 19.5 Å². The van der Waals surface area contributed by atoms with Crippen LogP contribution in [0.15, 0.2) is 48.5 Å². The van der Waals surface area contributed by atoms with Crippen LogP contribution < -0.4 is 21.3 Å². The van der Waals surface area contributed by atoms with Crippen molar-refractivity contribution in [1.29, 1.82) is 0 Å². The molecule has 0 bridgehead atoms. The summed E-state index contributed by atoms with van der Waals surface area (Å²) in [5.41, 5.74) is 7.94. The molecule has 1 saturated carbocycles. The Hall–Kier alpha value is -3.39. The third-order valence-electron chi connectivity index (χ3n) is 6.22. The smallest absolute Gasteiger partial charge is 0.335 e. The van der Waals surface area contributed by atoms with E-state index in [1.165, 1.54) is 24.3 Å². The predicted molar refractivity (Wildman–Crippen MR) is 128 cm³/mol.